The van der Waals surface area contributed by atoms with E-state index < -0.39 is 0 Å². The van der Waals surface area contributed by atoms with Crippen LogP contribution in [0.15, 0.2) is 0 Å². The standard InChI is InChI=1S/C10H19N3O/c1-7-2-4-11-6-9(7)13-10(14)8-3-5-12-8/h7-9,11-12H,2-6H2,1H3,(H,13,14)/t7?,8-,9?/m1/s1. The van der Waals surface area contributed by atoms with Crippen LogP contribution in [0.5, 0.6) is 0 Å². The number of piperidine rings is 1. The highest BCUT2D eigenvalue weighted by atomic mass is 16.2. The molecule has 4 nitrogen and oxygen atoms in total. The summed E-state index contributed by atoms with van der Waals surface area (Å²) in [5.41, 5.74) is 0. The van der Waals surface area contributed by atoms with Gasteiger partial charge in [0.15, 0.2) is 0 Å². The summed E-state index contributed by atoms with van der Waals surface area (Å²) in [6.45, 7) is 5.19. The molecule has 0 radical (unpaired) electrons. The first-order chi connectivity index (χ1) is 6.77. The van der Waals surface area contributed by atoms with E-state index in [1.54, 1.807) is 0 Å². The smallest absolute Gasteiger partial charge is 0.237 e. The Morgan fingerprint density at radius 3 is 2.71 bits per heavy atom. The first-order valence-electron chi connectivity index (χ1n) is 5.52. The fourth-order valence-corrected chi connectivity index (χ4v) is 1.98. The van der Waals surface area contributed by atoms with Crippen LogP contribution >= 0.6 is 0 Å². The predicted molar refractivity (Wildman–Crippen MR) is 55.0 cm³/mol. The third-order valence-corrected chi connectivity index (χ3v) is 3.30. The van der Waals surface area contributed by atoms with Crippen LogP contribution in [0.2, 0.25) is 0 Å². The summed E-state index contributed by atoms with van der Waals surface area (Å²) < 4.78 is 0. The van der Waals surface area contributed by atoms with Gasteiger partial charge >= 0.3 is 0 Å². The van der Waals surface area contributed by atoms with E-state index in [9.17, 15) is 4.79 Å². The molecule has 0 saturated carbocycles. The Kier molecular flexibility index (Phi) is 3.03. The number of rotatable bonds is 2. The quantitative estimate of drug-likeness (QED) is 0.557. The van der Waals surface area contributed by atoms with E-state index in [1.807, 2.05) is 0 Å². The Balaban J connectivity index is 1.79. The topological polar surface area (TPSA) is 53.2 Å². The molecular weight excluding hydrogens is 178 g/mol. The minimum absolute atomic E-state index is 0.0733. The van der Waals surface area contributed by atoms with E-state index >= 15 is 0 Å². The maximum atomic E-state index is 11.6. The van der Waals surface area contributed by atoms with Gasteiger partial charge in [0, 0.05) is 12.6 Å². The Hall–Kier alpha value is -0.610. The first-order valence-corrected chi connectivity index (χ1v) is 5.52. The van der Waals surface area contributed by atoms with Crippen molar-refractivity contribution in [2.45, 2.75) is 31.8 Å². The van der Waals surface area contributed by atoms with Gasteiger partial charge in [-0.3, -0.25) is 4.79 Å². The number of carbonyl (C=O) groups excluding carboxylic acids is 1. The zero-order chi connectivity index (χ0) is 9.97. The SMILES string of the molecule is CC1CCNCC1NC(=O)[C@H]1CCN1. The highest BCUT2D eigenvalue weighted by molar-refractivity contribution is 5.82. The highest BCUT2D eigenvalue weighted by Crippen LogP contribution is 2.12. The van der Waals surface area contributed by atoms with Crippen molar-refractivity contribution in [1.82, 2.24) is 16.0 Å². The molecule has 0 aromatic carbocycles. The van der Waals surface area contributed by atoms with Gasteiger partial charge in [0.25, 0.3) is 0 Å². The summed E-state index contributed by atoms with van der Waals surface area (Å²) in [6, 6.07) is 0.391. The van der Waals surface area contributed by atoms with Crippen molar-refractivity contribution in [3.8, 4) is 0 Å². The second-order valence-electron chi connectivity index (χ2n) is 4.38. The monoisotopic (exact) mass is 197 g/mol. The van der Waals surface area contributed by atoms with Crippen molar-refractivity contribution in [2.24, 2.45) is 5.92 Å². The molecular formula is C10H19N3O. The summed E-state index contributed by atoms with van der Waals surface area (Å²) in [6.07, 6.45) is 2.14. The molecule has 2 heterocycles. The van der Waals surface area contributed by atoms with Crippen molar-refractivity contribution in [2.75, 3.05) is 19.6 Å². The van der Waals surface area contributed by atoms with Crippen molar-refractivity contribution in [3.05, 3.63) is 0 Å². The van der Waals surface area contributed by atoms with Gasteiger partial charge in [0.1, 0.15) is 0 Å². The van der Waals surface area contributed by atoms with E-state index in [0.29, 0.717) is 12.0 Å². The number of hydrogen-bond acceptors (Lipinski definition) is 3. The van der Waals surface area contributed by atoms with E-state index in [4.69, 9.17) is 0 Å². The van der Waals surface area contributed by atoms with E-state index in [-0.39, 0.29) is 11.9 Å². The second-order valence-corrected chi connectivity index (χ2v) is 4.38. The summed E-state index contributed by atoms with van der Waals surface area (Å²) in [5, 5.41) is 9.53. The van der Waals surface area contributed by atoms with Crippen molar-refractivity contribution in [1.29, 1.82) is 0 Å². The third kappa shape index (κ3) is 2.07. The molecule has 14 heavy (non-hydrogen) atoms. The molecule has 0 aliphatic carbocycles. The van der Waals surface area contributed by atoms with E-state index in [2.05, 4.69) is 22.9 Å². The molecule has 0 spiro atoms. The molecule has 3 atom stereocenters. The Bertz CT molecular complexity index is 215. The molecule has 2 aliphatic heterocycles. The summed E-state index contributed by atoms with van der Waals surface area (Å²) in [7, 11) is 0. The average Bonchev–Trinajstić information content (AvgIpc) is 2.05. The lowest BCUT2D eigenvalue weighted by Crippen LogP contribution is -2.58. The zero-order valence-corrected chi connectivity index (χ0v) is 8.68. The number of hydrogen-bond donors (Lipinski definition) is 3. The van der Waals surface area contributed by atoms with Gasteiger partial charge in [-0.2, -0.15) is 0 Å². The van der Waals surface area contributed by atoms with Gasteiger partial charge in [0.2, 0.25) is 5.91 Å². The molecule has 2 unspecified atom stereocenters. The maximum absolute atomic E-state index is 11.6. The van der Waals surface area contributed by atoms with Crippen LogP contribution in [0.3, 0.4) is 0 Å². The summed E-state index contributed by atoms with van der Waals surface area (Å²) in [5.74, 6) is 0.775. The van der Waals surface area contributed by atoms with Crippen LogP contribution in [0.1, 0.15) is 19.8 Å². The van der Waals surface area contributed by atoms with Crippen molar-refractivity contribution in [3.63, 3.8) is 0 Å². The molecule has 4 heteroatoms. The van der Waals surface area contributed by atoms with Crippen LogP contribution in [0.4, 0.5) is 0 Å². The number of nitrogens with one attached hydrogen (secondary N) is 3. The first kappa shape index (κ1) is 9.93. The third-order valence-electron chi connectivity index (χ3n) is 3.30. The number of carbonyl (C=O) groups is 1. The summed E-state index contributed by atoms with van der Waals surface area (Å²) >= 11 is 0. The molecule has 2 aliphatic rings. The van der Waals surface area contributed by atoms with Crippen molar-refractivity contribution < 1.29 is 4.79 Å². The van der Waals surface area contributed by atoms with Crippen molar-refractivity contribution >= 4 is 5.91 Å². The van der Waals surface area contributed by atoms with Gasteiger partial charge < -0.3 is 16.0 Å². The van der Waals surface area contributed by atoms with Gasteiger partial charge in [-0.1, -0.05) is 6.92 Å². The summed E-state index contributed by atoms with van der Waals surface area (Å²) in [4.78, 5) is 11.6. The Labute approximate surface area is 84.8 Å². The highest BCUT2D eigenvalue weighted by Gasteiger charge is 2.28. The minimum atomic E-state index is 0.0733. The Morgan fingerprint density at radius 2 is 2.14 bits per heavy atom. The van der Waals surface area contributed by atoms with Crippen LogP contribution in [0, 0.1) is 5.92 Å². The Morgan fingerprint density at radius 1 is 1.36 bits per heavy atom. The minimum Gasteiger partial charge on any atom is -0.350 e. The van der Waals surface area contributed by atoms with Crippen LogP contribution in [-0.2, 0) is 4.79 Å². The average molecular weight is 197 g/mol. The fraction of sp³-hybridized carbons (Fsp3) is 0.900. The van der Waals surface area contributed by atoms with Gasteiger partial charge in [0.05, 0.1) is 6.04 Å². The van der Waals surface area contributed by atoms with Gasteiger partial charge in [-0.15, -0.1) is 0 Å². The molecule has 1 amide bonds. The lowest BCUT2D eigenvalue weighted by Gasteiger charge is -2.33. The molecule has 0 aromatic heterocycles. The van der Waals surface area contributed by atoms with E-state index in [1.165, 1.54) is 0 Å². The zero-order valence-electron chi connectivity index (χ0n) is 8.68. The van der Waals surface area contributed by atoms with Gasteiger partial charge in [-0.05, 0) is 31.8 Å². The fourth-order valence-electron chi connectivity index (χ4n) is 1.98. The van der Waals surface area contributed by atoms with Gasteiger partial charge in [-0.25, -0.2) is 0 Å². The number of amides is 1. The molecule has 3 N–H and O–H groups in total. The molecule has 2 fully saturated rings. The molecule has 80 valence electrons. The molecule has 2 rings (SSSR count). The van der Waals surface area contributed by atoms with E-state index in [0.717, 1.165) is 32.5 Å². The lowest BCUT2D eigenvalue weighted by atomic mass is 9.94. The molecule has 0 bridgehead atoms. The lowest BCUT2D eigenvalue weighted by molar-refractivity contribution is -0.125. The van der Waals surface area contributed by atoms with Crippen LogP contribution in [-0.4, -0.2) is 37.6 Å². The largest absolute Gasteiger partial charge is 0.350 e. The normalized spacial score (nSPS) is 37.4. The van der Waals surface area contributed by atoms with Crippen LogP contribution in [0.25, 0.3) is 0 Å². The molecule has 2 saturated heterocycles. The maximum Gasteiger partial charge on any atom is 0.237 e. The van der Waals surface area contributed by atoms with Crippen LogP contribution < -0.4 is 16.0 Å². The molecule has 0 aromatic rings. The second kappa shape index (κ2) is 4.28. The predicted octanol–water partition coefficient (Wildman–Crippen LogP) is -0.537.